The molecule has 4 nitrogen and oxygen atoms in total. The van der Waals surface area contributed by atoms with Crippen molar-refractivity contribution in [2.75, 3.05) is 13.1 Å². The minimum Gasteiger partial charge on any atom is -0.444 e. The lowest BCUT2D eigenvalue weighted by atomic mass is 9.78. The Morgan fingerprint density at radius 2 is 2.00 bits per heavy atom. The second kappa shape index (κ2) is 4.48. The first-order valence-electron chi connectivity index (χ1n) is 6.60. The van der Waals surface area contributed by atoms with Gasteiger partial charge in [0.2, 0.25) is 0 Å². The van der Waals surface area contributed by atoms with Crippen molar-refractivity contribution in [3.63, 3.8) is 0 Å². The van der Waals surface area contributed by atoms with Gasteiger partial charge in [-0.15, -0.1) is 0 Å². The number of amides is 1. The molecule has 2 bridgehead atoms. The molecular formula is C13H24N2O2. The van der Waals surface area contributed by atoms with E-state index in [1.54, 1.807) is 0 Å². The van der Waals surface area contributed by atoms with Gasteiger partial charge < -0.3 is 15.4 Å². The summed E-state index contributed by atoms with van der Waals surface area (Å²) < 4.78 is 5.35. The average molecular weight is 240 g/mol. The first-order valence-corrected chi connectivity index (χ1v) is 6.60. The lowest BCUT2D eigenvalue weighted by Gasteiger charge is -2.37. The second-order valence-electron chi connectivity index (χ2n) is 6.48. The van der Waals surface area contributed by atoms with Gasteiger partial charge in [0.15, 0.2) is 0 Å². The summed E-state index contributed by atoms with van der Waals surface area (Å²) in [6.45, 7) is 7.66. The molecule has 3 rings (SSSR count). The Labute approximate surface area is 103 Å². The molecule has 0 radical (unpaired) electrons. The number of carbonyl (C=O) groups excluding carboxylic acids is 1. The molecule has 0 aromatic heterocycles. The van der Waals surface area contributed by atoms with Crippen LogP contribution < -0.4 is 10.6 Å². The van der Waals surface area contributed by atoms with Crippen LogP contribution in [0.2, 0.25) is 0 Å². The Kier molecular flexibility index (Phi) is 3.34. The number of hydrogen-bond donors (Lipinski definition) is 2. The average Bonchev–Trinajstić information content (AvgIpc) is 2.47. The van der Waals surface area contributed by atoms with Gasteiger partial charge in [0.1, 0.15) is 5.60 Å². The highest BCUT2D eigenvalue weighted by atomic mass is 16.6. The summed E-state index contributed by atoms with van der Waals surface area (Å²) in [4.78, 5) is 11.9. The van der Waals surface area contributed by atoms with Gasteiger partial charge in [-0.05, 0) is 58.9 Å². The van der Waals surface area contributed by atoms with Crippen molar-refractivity contribution in [3.05, 3.63) is 0 Å². The summed E-state index contributed by atoms with van der Waals surface area (Å²) in [5, 5.41) is 6.54. The van der Waals surface area contributed by atoms with Gasteiger partial charge in [0.05, 0.1) is 5.54 Å². The Bertz CT molecular complexity index is 283. The molecule has 1 aliphatic carbocycles. The maximum atomic E-state index is 11.9. The molecule has 2 N–H and O–H groups in total. The Hall–Kier alpha value is -0.770. The largest absolute Gasteiger partial charge is 0.444 e. The summed E-state index contributed by atoms with van der Waals surface area (Å²) >= 11 is 0. The predicted molar refractivity (Wildman–Crippen MR) is 66.9 cm³/mol. The molecule has 1 saturated carbocycles. The van der Waals surface area contributed by atoms with Crippen molar-refractivity contribution in [3.8, 4) is 0 Å². The standard InChI is InChI=1S/C13H24N2O2/c1-12(2,3)17-11(16)15-13-6-4-10(5-7-13)8-14-9-13/h10,14H,4-9H2,1-3H3,(H,15,16). The summed E-state index contributed by atoms with van der Waals surface area (Å²) in [7, 11) is 0. The van der Waals surface area contributed by atoms with E-state index in [9.17, 15) is 4.79 Å². The molecule has 0 aromatic rings. The van der Waals surface area contributed by atoms with Crippen molar-refractivity contribution in [2.45, 2.75) is 57.6 Å². The number of nitrogens with one attached hydrogen (secondary N) is 2. The molecular weight excluding hydrogens is 216 g/mol. The zero-order chi connectivity index (χ0) is 12.5. The zero-order valence-corrected chi connectivity index (χ0v) is 11.1. The van der Waals surface area contributed by atoms with Crippen LogP contribution >= 0.6 is 0 Å². The first-order chi connectivity index (χ1) is 7.89. The van der Waals surface area contributed by atoms with Crippen LogP contribution in [0.25, 0.3) is 0 Å². The normalized spacial score (nSPS) is 33.0. The second-order valence-corrected chi connectivity index (χ2v) is 6.48. The molecule has 2 heterocycles. The number of hydrogen-bond acceptors (Lipinski definition) is 3. The van der Waals surface area contributed by atoms with E-state index < -0.39 is 5.60 Å². The highest BCUT2D eigenvalue weighted by Gasteiger charge is 2.39. The molecule has 0 aromatic carbocycles. The minimum atomic E-state index is -0.421. The van der Waals surface area contributed by atoms with Crippen molar-refractivity contribution in [1.82, 2.24) is 10.6 Å². The van der Waals surface area contributed by atoms with Gasteiger partial charge in [-0.3, -0.25) is 0 Å². The van der Waals surface area contributed by atoms with Gasteiger partial charge in [-0.2, -0.15) is 0 Å². The van der Waals surface area contributed by atoms with Crippen LogP contribution in [0.4, 0.5) is 4.79 Å². The van der Waals surface area contributed by atoms with E-state index in [4.69, 9.17) is 4.74 Å². The summed E-state index contributed by atoms with van der Waals surface area (Å²) in [5.41, 5.74) is -0.495. The summed E-state index contributed by atoms with van der Waals surface area (Å²) in [6, 6.07) is 0. The molecule has 0 spiro atoms. The first kappa shape index (κ1) is 12.7. The molecule has 3 aliphatic rings. The Balaban J connectivity index is 1.95. The van der Waals surface area contributed by atoms with E-state index in [0.29, 0.717) is 0 Å². The zero-order valence-electron chi connectivity index (χ0n) is 11.1. The monoisotopic (exact) mass is 240 g/mol. The van der Waals surface area contributed by atoms with Crippen LogP contribution in [-0.2, 0) is 4.74 Å². The maximum absolute atomic E-state index is 11.9. The number of alkyl carbamates (subject to hydrolysis) is 1. The maximum Gasteiger partial charge on any atom is 0.408 e. The van der Waals surface area contributed by atoms with Crippen LogP contribution in [0, 0.1) is 5.92 Å². The highest BCUT2D eigenvalue weighted by Crippen LogP contribution is 2.34. The fourth-order valence-corrected chi connectivity index (χ4v) is 2.82. The van der Waals surface area contributed by atoms with Gasteiger partial charge in [-0.25, -0.2) is 4.79 Å². The van der Waals surface area contributed by atoms with E-state index in [-0.39, 0.29) is 11.6 Å². The summed E-state index contributed by atoms with van der Waals surface area (Å²) in [5.74, 6) is 0.797. The Morgan fingerprint density at radius 1 is 1.35 bits per heavy atom. The molecule has 98 valence electrons. The van der Waals surface area contributed by atoms with Crippen molar-refractivity contribution < 1.29 is 9.53 Å². The van der Waals surface area contributed by atoms with E-state index >= 15 is 0 Å². The van der Waals surface area contributed by atoms with Crippen LogP contribution in [-0.4, -0.2) is 30.3 Å². The van der Waals surface area contributed by atoms with Gasteiger partial charge in [0.25, 0.3) is 0 Å². The van der Waals surface area contributed by atoms with E-state index in [0.717, 1.165) is 31.8 Å². The quantitative estimate of drug-likeness (QED) is 0.737. The smallest absolute Gasteiger partial charge is 0.408 e. The Morgan fingerprint density at radius 3 is 2.59 bits per heavy atom. The molecule has 17 heavy (non-hydrogen) atoms. The number of rotatable bonds is 1. The van der Waals surface area contributed by atoms with Crippen LogP contribution in [0.3, 0.4) is 0 Å². The highest BCUT2D eigenvalue weighted by molar-refractivity contribution is 5.69. The van der Waals surface area contributed by atoms with E-state index in [2.05, 4.69) is 10.6 Å². The number of fused-ring (bicyclic) bond motifs is 4. The minimum absolute atomic E-state index is 0.0741. The fourth-order valence-electron chi connectivity index (χ4n) is 2.82. The third-order valence-corrected chi connectivity index (χ3v) is 3.72. The van der Waals surface area contributed by atoms with Gasteiger partial charge in [-0.1, -0.05) is 0 Å². The third kappa shape index (κ3) is 3.35. The van der Waals surface area contributed by atoms with Crippen molar-refractivity contribution in [2.24, 2.45) is 5.92 Å². The molecule has 4 heteroatoms. The van der Waals surface area contributed by atoms with E-state index in [1.807, 2.05) is 20.8 Å². The molecule has 3 fully saturated rings. The molecule has 0 atom stereocenters. The topological polar surface area (TPSA) is 50.4 Å². The number of carbonyl (C=O) groups is 1. The SMILES string of the molecule is CC(C)(C)OC(=O)NC12CCC(CC1)CNC2. The van der Waals surface area contributed by atoms with Crippen LogP contribution in [0.5, 0.6) is 0 Å². The van der Waals surface area contributed by atoms with Crippen molar-refractivity contribution in [1.29, 1.82) is 0 Å². The predicted octanol–water partition coefficient (Wildman–Crippen LogP) is 2.04. The number of ether oxygens (including phenoxy) is 1. The molecule has 0 unspecified atom stereocenters. The third-order valence-electron chi connectivity index (χ3n) is 3.72. The molecule has 1 amide bonds. The van der Waals surface area contributed by atoms with E-state index in [1.165, 1.54) is 12.8 Å². The van der Waals surface area contributed by atoms with Gasteiger partial charge >= 0.3 is 6.09 Å². The van der Waals surface area contributed by atoms with Crippen molar-refractivity contribution >= 4 is 6.09 Å². The summed E-state index contributed by atoms with van der Waals surface area (Å²) in [6.07, 6.45) is 4.29. The lowest BCUT2D eigenvalue weighted by molar-refractivity contribution is 0.0428. The van der Waals surface area contributed by atoms with Gasteiger partial charge in [0, 0.05) is 6.54 Å². The van der Waals surface area contributed by atoms with Crippen LogP contribution in [0.15, 0.2) is 0 Å². The van der Waals surface area contributed by atoms with Crippen LogP contribution in [0.1, 0.15) is 46.5 Å². The fraction of sp³-hybridized carbons (Fsp3) is 0.923. The molecule has 2 aliphatic heterocycles. The molecule has 2 saturated heterocycles. The lowest BCUT2D eigenvalue weighted by Crippen LogP contribution is -2.55.